The predicted octanol–water partition coefficient (Wildman–Crippen LogP) is -0.318. The highest BCUT2D eigenvalue weighted by Crippen LogP contribution is 2.04. The van der Waals surface area contributed by atoms with E-state index in [1.54, 1.807) is 5.16 Å². The van der Waals surface area contributed by atoms with Crippen LogP contribution < -0.4 is 5.16 Å². The van der Waals surface area contributed by atoms with Crippen molar-refractivity contribution in [2.24, 2.45) is 5.41 Å². The molecule has 0 aliphatic carbocycles. The van der Waals surface area contributed by atoms with Gasteiger partial charge in [-0.2, -0.15) is 0 Å². The molecule has 0 aromatic heterocycles. The van der Waals surface area contributed by atoms with E-state index < -0.39 is 0 Å². The van der Waals surface area contributed by atoms with Crippen LogP contribution in [0.5, 0.6) is 0 Å². The highest BCUT2D eigenvalue weighted by molar-refractivity contribution is 5.57. The highest BCUT2D eigenvalue weighted by atomic mass is 16.4. The highest BCUT2D eigenvalue weighted by Gasteiger charge is 2.07. The van der Waals surface area contributed by atoms with E-state index >= 15 is 0 Å². The van der Waals surface area contributed by atoms with Gasteiger partial charge in [0.05, 0.1) is 0 Å². The molecule has 0 saturated heterocycles. The first-order valence-electron chi connectivity index (χ1n) is 2.28. The van der Waals surface area contributed by atoms with Crippen molar-refractivity contribution in [1.29, 1.82) is 0 Å². The second-order valence-electron chi connectivity index (χ2n) is 2.63. The van der Waals surface area contributed by atoms with Crippen molar-refractivity contribution in [3.8, 4) is 0 Å². The summed E-state index contributed by atoms with van der Waals surface area (Å²) in [5, 5.41) is 11.4. The molecule has 1 N–H and O–H groups in total. The molecule has 0 heterocycles. The van der Waals surface area contributed by atoms with E-state index in [9.17, 15) is 5.21 Å². The van der Waals surface area contributed by atoms with Gasteiger partial charge in [0.25, 0.3) is 0 Å². The SMILES string of the molecule is CC(C)(C)C=[NH+][O-]. The van der Waals surface area contributed by atoms with Crippen molar-refractivity contribution in [3.05, 3.63) is 5.21 Å². The number of rotatable bonds is 0. The van der Waals surface area contributed by atoms with Gasteiger partial charge in [0.1, 0.15) is 0 Å². The quantitative estimate of drug-likeness (QED) is 0.253. The molecule has 0 atom stereocenters. The molecule has 0 aliphatic heterocycles. The van der Waals surface area contributed by atoms with Crippen LogP contribution in [0.15, 0.2) is 0 Å². The van der Waals surface area contributed by atoms with E-state index in [4.69, 9.17) is 0 Å². The molecule has 0 unspecified atom stereocenters. The molecule has 0 radical (unpaired) electrons. The number of nitrogens with one attached hydrogen (secondary N) is 1. The Morgan fingerprint density at radius 2 is 1.86 bits per heavy atom. The van der Waals surface area contributed by atoms with Crippen molar-refractivity contribution in [2.45, 2.75) is 20.8 Å². The zero-order valence-electron chi connectivity index (χ0n) is 4.99. The molecule has 0 saturated carbocycles. The van der Waals surface area contributed by atoms with Gasteiger partial charge >= 0.3 is 0 Å². The summed E-state index contributed by atoms with van der Waals surface area (Å²) in [6.45, 7) is 5.87. The Hall–Kier alpha value is -0.530. The van der Waals surface area contributed by atoms with Crippen LogP contribution >= 0.6 is 0 Å². The molecule has 0 fully saturated rings. The summed E-state index contributed by atoms with van der Waals surface area (Å²) in [6.07, 6.45) is 1.51. The summed E-state index contributed by atoms with van der Waals surface area (Å²) >= 11 is 0. The lowest BCUT2D eigenvalue weighted by atomic mass is 10.00. The largest absolute Gasteiger partial charge is 0.626 e. The summed E-state index contributed by atoms with van der Waals surface area (Å²) in [6, 6.07) is 0. The lowest BCUT2D eigenvalue weighted by Gasteiger charge is -2.04. The first-order valence-corrected chi connectivity index (χ1v) is 2.28. The summed E-state index contributed by atoms with van der Waals surface area (Å²) in [5.74, 6) is 0. The average molecular weight is 101 g/mol. The Kier molecular flexibility index (Phi) is 1.81. The monoisotopic (exact) mass is 101 g/mol. The van der Waals surface area contributed by atoms with Crippen LogP contribution in [0.4, 0.5) is 0 Å². The van der Waals surface area contributed by atoms with Crippen molar-refractivity contribution in [3.63, 3.8) is 0 Å². The topological polar surface area (TPSA) is 37.0 Å². The third-order valence-corrected chi connectivity index (χ3v) is 0.492. The van der Waals surface area contributed by atoms with Crippen LogP contribution in [0.25, 0.3) is 0 Å². The summed E-state index contributed by atoms with van der Waals surface area (Å²) in [7, 11) is 0. The molecule has 0 amide bonds. The van der Waals surface area contributed by atoms with E-state index in [2.05, 4.69) is 0 Å². The summed E-state index contributed by atoms with van der Waals surface area (Å²) in [5.41, 5.74) is 0.00174. The molecule has 2 nitrogen and oxygen atoms in total. The molecule has 2 heteroatoms. The maximum Gasteiger partial charge on any atom is 0.154 e. The maximum absolute atomic E-state index is 9.64. The van der Waals surface area contributed by atoms with E-state index in [1.807, 2.05) is 20.8 Å². The molecule has 0 aromatic rings. The van der Waals surface area contributed by atoms with Crippen molar-refractivity contribution in [1.82, 2.24) is 0 Å². The van der Waals surface area contributed by atoms with Crippen molar-refractivity contribution >= 4 is 6.21 Å². The van der Waals surface area contributed by atoms with Gasteiger partial charge in [0, 0.05) is 5.41 Å². The first-order chi connectivity index (χ1) is 3.06. The van der Waals surface area contributed by atoms with Gasteiger partial charge in [-0.1, -0.05) is 20.8 Å². The van der Waals surface area contributed by atoms with Crippen LogP contribution in [0.3, 0.4) is 0 Å². The van der Waals surface area contributed by atoms with Gasteiger partial charge < -0.3 is 5.21 Å². The van der Waals surface area contributed by atoms with Gasteiger partial charge in [-0.25, -0.2) is 5.16 Å². The minimum absolute atomic E-state index is 0.00174. The maximum atomic E-state index is 9.64. The van der Waals surface area contributed by atoms with E-state index in [0.717, 1.165) is 0 Å². The lowest BCUT2D eigenvalue weighted by Crippen LogP contribution is -2.62. The van der Waals surface area contributed by atoms with Crippen LogP contribution in [-0.4, -0.2) is 6.21 Å². The Bertz CT molecular complexity index is 70.6. The molecule has 42 valence electrons. The third kappa shape index (κ3) is 5.47. The van der Waals surface area contributed by atoms with Crippen LogP contribution in [0.1, 0.15) is 20.8 Å². The molecular weight excluding hydrogens is 90.1 g/mol. The zero-order chi connectivity index (χ0) is 5.91. The van der Waals surface area contributed by atoms with Crippen LogP contribution in [-0.2, 0) is 0 Å². The first kappa shape index (κ1) is 6.47. The van der Waals surface area contributed by atoms with E-state index in [-0.39, 0.29) is 5.41 Å². The zero-order valence-corrected chi connectivity index (χ0v) is 4.99. The van der Waals surface area contributed by atoms with Crippen LogP contribution in [0, 0.1) is 10.6 Å². The predicted molar refractivity (Wildman–Crippen MR) is 29.8 cm³/mol. The van der Waals surface area contributed by atoms with E-state index in [1.165, 1.54) is 6.21 Å². The molecule has 0 bridgehead atoms. The Balaban J connectivity index is 3.56. The fourth-order valence-corrected chi connectivity index (χ4v) is 0.177. The fourth-order valence-electron chi connectivity index (χ4n) is 0.177. The van der Waals surface area contributed by atoms with Crippen molar-refractivity contribution < 1.29 is 5.16 Å². The second kappa shape index (κ2) is 1.96. The van der Waals surface area contributed by atoms with Crippen molar-refractivity contribution in [2.75, 3.05) is 0 Å². The molecular formula is C5H11NO. The standard InChI is InChI=1S/C5H11NO/c1-5(2,3)4-6-7/h4,6H,1-3H3. The fraction of sp³-hybridized carbons (Fsp3) is 0.800. The number of hydrogen-bond acceptors (Lipinski definition) is 1. The number of hydrogen-bond donors (Lipinski definition) is 1. The van der Waals surface area contributed by atoms with E-state index in [0.29, 0.717) is 0 Å². The molecule has 0 aliphatic rings. The van der Waals surface area contributed by atoms with Gasteiger partial charge in [-0.15, -0.1) is 0 Å². The summed E-state index contributed by atoms with van der Waals surface area (Å²) < 4.78 is 0. The van der Waals surface area contributed by atoms with Gasteiger partial charge in [0.2, 0.25) is 0 Å². The smallest absolute Gasteiger partial charge is 0.154 e. The Morgan fingerprint density at radius 1 is 1.43 bits per heavy atom. The Labute approximate surface area is 43.8 Å². The van der Waals surface area contributed by atoms with Crippen LogP contribution in [0.2, 0.25) is 0 Å². The molecule has 0 aromatic carbocycles. The molecule has 7 heavy (non-hydrogen) atoms. The van der Waals surface area contributed by atoms with Gasteiger partial charge in [0.15, 0.2) is 6.21 Å². The summed E-state index contributed by atoms with van der Waals surface area (Å²) in [4.78, 5) is 0. The normalized spacial score (nSPS) is 13.0. The minimum atomic E-state index is 0.00174. The second-order valence-corrected chi connectivity index (χ2v) is 2.63. The van der Waals surface area contributed by atoms with Gasteiger partial charge in [-0.3, -0.25) is 0 Å². The minimum Gasteiger partial charge on any atom is -0.626 e. The van der Waals surface area contributed by atoms with Gasteiger partial charge in [-0.05, 0) is 0 Å². The lowest BCUT2D eigenvalue weighted by molar-refractivity contribution is -0.371. The third-order valence-electron chi connectivity index (χ3n) is 0.492. The molecule has 0 rings (SSSR count). The molecule has 0 spiro atoms. The Morgan fingerprint density at radius 3 is 1.86 bits per heavy atom. The average Bonchev–Trinajstić information content (AvgIpc) is 1.30.